The van der Waals surface area contributed by atoms with Gasteiger partial charge in [0, 0.05) is 10.7 Å². The number of carboxylic acid groups (broad SMARTS) is 1. The molecule has 1 aromatic carbocycles. The minimum Gasteiger partial charge on any atom is -0.478 e. The molecule has 0 amide bonds. The summed E-state index contributed by atoms with van der Waals surface area (Å²) in [7, 11) is 0. The van der Waals surface area contributed by atoms with Gasteiger partial charge in [-0.05, 0) is 34.1 Å². The number of rotatable bonds is 2. The van der Waals surface area contributed by atoms with Crippen LogP contribution in [0.3, 0.4) is 0 Å². The zero-order chi connectivity index (χ0) is 11.7. The second-order valence-corrected chi connectivity index (χ2v) is 4.37. The monoisotopic (exact) mass is 300 g/mol. The summed E-state index contributed by atoms with van der Waals surface area (Å²) in [6.07, 6.45) is 3.15. The topological polar surface area (TPSA) is 55.1 Å². The van der Waals surface area contributed by atoms with Gasteiger partial charge in [0.15, 0.2) is 0 Å². The van der Waals surface area contributed by atoms with Crippen LogP contribution in [0.15, 0.2) is 35.1 Å². The molecule has 0 fully saturated rings. The predicted octanol–water partition coefficient (Wildman–Crippen LogP) is 2.99. The summed E-state index contributed by atoms with van der Waals surface area (Å²) in [5.41, 5.74) is 0.950. The highest BCUT2D eigenvalue weighted by Crippen LogP contribution is 2.23. The lowest BCUT2D eigenvalue weighted by Crippen LogP contribution is -2.00. The zero-order valence-corrected chi connectivity index (χ0v) is 10.2. The molecule has 16 heavy (non-hydrogen) atoms. The molecule has 0 aliphatic carbocycles. The third-order valence-electron chi connectivity index (χ3n) is 1.99. The van der Waals surface area contributed by atoms with Crippen LogP contribution in [0.5, 0.6) is 0 Å². The number of benzene rings is 1. The molecule has 0 bridgehead atoms. The van der Waals surface area contributed by atoms with Gasteiger partial charge < -0.3 is 5.11 Å². The lowest BCUT2D eigenvalue weighted by Gasteiger charge is -2.04. The van der Waals surface area contributed by atoms with E-state index in [1.807, 2.05) is 0 Å². The normalized spacial score (nSPS) is 10.4. The first kappa shape index (κ1) is 11.2. The summed E-state index contributed by atoms with van der Waals surface area (Å²) < 4.78 is 2.21. The Morgan fingerprint density at radius 1 is 1.50 bits per heavy atom. The number of hydrogen-bond donors (Lipinski definition) is 1. The first-order valence-electron chi connectivity index (χ1n) is 4.31. The number of hydrogen-bond acceptors (Lipinski definition) is 2. The molecule has 2 aromatic rings. The molecule has 0 aliphatic rings. The van der Waals surface area contributed by atoms with E-state index >= 15 is 0 Å². The molecule has 0 spiro atoms. The quantitative estimate of drug-likeness (QED) is 0.927. The summed E-state index contributed by atoms with van der Waals surface area (Å²) in [6, 6.07) is 4.70. The molecule has 0 unspecified atom stereocenters. The Morgan fingerprint density at radius 2 is 2.25 bits per heavy atom. The number of carboxylic acids is 1. The molecule has 4 nitrogen and oxygen atoms in total. The van der Waals surface area contributed by atoms with E-state index in [1.54, 1.807) is 16.9 Å². The molecule has 0 atom stereocenters. The fourth-order valence-electron chi connectivity index (χ4n) is 1.26. The van der Waals surface area contributed by atoms with Crippen molar-refractivity contribution in [3.05, 3.63) is 45.7 Å². The predicted molar refractivity (Wildman–Crippen MR) is 63.2 cm³/mol. The zero-order valence-electron chi connectivity index (χ0n) is 7.89. The van der Waals surface area contributed by atoms with E-state index in [0.29, 0.717) is 9.50 Å². The third-order valence-corrected chi connectivity index (χ3v) is 2.82. The van der Waals surface area contributed by atoms with Crippen molar-refractivity contribution in [1.82, 2.24) is 9.78 Å². The Morgan fingerprint density at radius 3 is 2.75 bits per heavy atom. The van der Waals surface area contributed by atoms with E-state index < -0.39 is 5.97 Å². The van der Waals surface area contributed by atoms with Crippen LogP contribution < -0.4 is 0 Å². The lowest BCUT2D eigenvalue weighted by atomic mass is 10.2. The Kier molecular flexibility index (Phi) is 2.98. The highest BCUT2D eigenvalue weighted by atomic mass is 79.9. The molecule has 2 rings (SSSR count). The summed E-state index contributed by atoms with van der Waals surface area (Å²) in [5.74, 6) is -0.967. The summed E-state index contributed by atoms with van der Waals surface area (Å²) in [6.45, 7) is 0. The Labute approximate surface area is 105 Å². The highest BCUT2D eigenvalue weighted by molar-refractivity contribution is 9.10. The van der Waals surface area contributed by atoms with E-state index in [1.165, 1.54) is 18.3 Å². The maximum Gasteiger partial charge on any atom is 0.335 e. The van der Waals surface area contributed by atoms with Gasteiger partial charge in [-0.15, -0.1) is 0 Å². The number of aromatic nitrogens is 2. The van der Waals surface area contributed by atoms with Gasteiger partial charge in [0.2, 0.25) is 0 Å². The van der Waals surface area contributed by atoms with Crippen molar-refractivity contribution in [2.24, 2.45) is 0 Å². The fourth-order valence-corrected chi connectivity index (χ4v) is 1.95. The molecule has 0 saturated carbocycles. The minimum atomic E-state index is -0.967. The van der Waals surface area contributed by atoms with Gasteiger partial charge in [-0.25, -0.2) is 9.48 Å². The van der Waals surface area contributed by atoms with E-state index in [4.69, 9.17) is 16.7 Å². The van der Waals surface area contributed by atoms with Gasteiger partial charge in [0.25, 0.3) is 0 Å². The highest BCUT2D eigenvalue weighted by Gasteiger charge is 2.08. The van der Waals surface area contributed by atoms with E-state index in [0.717, 1.165) is 5.69 Å². The van der Waals surface area contributed by atoms with Crippen LogP contribution >= 0.6 is 27.5 Å². The van der Waals surface area contributed by atoms with Crippen molar-refractivity contribution < 1.29 is 9.90 Å². The minimum absolute atomic E-state index is 0.217. The Bertz CT molecular complexity index is 554. The van der Waals surface area contributed by atoms with Gasteiger partial charge in [0.05, 0.1) is 22.5 Å². The van der Waals surface area contributed by atoms with Crippen molar-refractivity contribution in [2.45, 2.75) is 0 Å². The molecule has 0 radical (unpaired) electrons. The van der Waals surface area contributed by atoms with Gasteiger partial charge >= 0.3 is 5.97 Å². The van der Waals surface area contributed by atoms with Crippen LogP contribution in [0.1, 0.15) is 10.4 Å². The van der Waals surface area contributed by atoms with Crippen LogP contribution in [0, 0.1) is 0 Å². The van der Waals surface area contributed by atoms with Crippen LogP contribution in [-0.2, 0) is 0 Å². The maximum atomic E-state index is 10.7. The molecule has 1 aromatic heterocycles. The van der Waals surface area contributed by atoms with Crippen molar-refractivity contribution in [1.29, 1.82) is 0 Å². The van der Waals surface area contributed by atoms with Gasteiger partial charge in [-0.2, -0.15) is 5.10 Å². The van der Waals surface area contributed by atoms with Gasteiger partial charge in [-0.3, -0.25) is 0 Å². The molecule has 0 saturated heterocycles. The van der Waals surface area contributed by atoms with Gasteiger partial charge in [0.1, 0.15) is 0 Å². The number of halogens is 2. The first-order chi connectivity index (χ1) is 7.58. The van der Waals surface area contributed by atoms with Gasteiger partial charge in [-0.1, -0.05) is 11.6 Å². The molecular formula is C10H6BrClN2O2. The third kappa shape index (κ3) is 2.10. The SMILES string of the molecule is O=C(O)c1ccc(-n2cc(Cl)cn2)c(Br)c1. The summed E-state index contributed by atoms with van der Waals surface area (Å²) in [5, 5.41) is 13.4. The van der Waals surface area contributed by atoms with Crippen molar-refractivity contribution in [2.75, 3.05) is 0 Å². The van der Waals surface area contributed by atoms with E-state index in [9.17, 15) is 4.79 Å². The fraction of sp³-hybridized carbons (Fsp3) is 0. The number of aromatic carboxylic acids is 1. The average molecular weight is 302 g/mol. The van der Waals surface area contributed by atoms with Crippen molar-refractivity contribution in [3.63, 3.8) is 0 Å². The molecule has 0 aliphatic heterocycles. The van der Waals surface area contributed by atoms with Crippen LogP contribution in [0.25, 0.3) is 5.69 Å². The first-order valence-corrected chi connectivity index (χ1v) is 5.48. The standard InChI is InChI=1S/C10H6BrClN2O2/c11-8-3-6(10(15)16)1-2-9(8)14-5-7(12)4-13-14/h1-5H,(H,15,16). The smallest absolute Gasteiger partial charge is 0.335 e. The summed E-state index contributed by atoms with van der Waals surface area (Å²) >= 11 is 9.05. The Balaban J connectivity index is 2.47. The van der Waals surface area contributed by atoms with Crippen LogP contribution in [0.2, 0.25) is 5.02 Å². The number of carbonyl (C=O) groups is 1. The van der Waals surface area contributed by atoms with E-state index in [-0.39, 0.29) is 5.56 Å². The molecular weight excluding hydrogens is 295 g/mol. The Hall–Kier alpha value is -1.33. The maximum absolute atomic E-state index is 10.7. The number of nitrogens with zero attached hydrogens (tertiary/aromatic N) is 2. The van der Waals surface area contributed by atoms with Crippen LogP contribution in [0.4, 0.5) is 0 Å². The van der Waals surface area contributed by atoms with Crippen molar-refractivity contribution in [3.8, 4) is 5.69 Å². The van der Waals surface area contributed by atoms with E-state index in [2.05, 4.69) is 21.0 Å². The second kappa shape index (κ2) is 4.27. The lowest BCUT2D eigenvalue weighted by molar-refractivity contribution is 0.0697. The molecule has 6 heteroatoms. The second-order valence-electron chi connectivity index (χ2n) is 3.07. The average Bonchev–Trinajstić information content (AvgIpc) is 2.64. The van der Waals surface area contributed by atoms with Crippen molar-refractivity contribution >= 4 is 33.5 Å². The summed E-state index contributed by atoms with van der Waals surface area (Å²) in [4.78, 5) is 10.7. The molecule has 82 valence electrons. The largest absolute Gasteiger partial charge is 0.478 e. The molecule has 1 N–H and O–H groups in total. The molecule has 1 heterocycles. The van der Waals surface area contributed by atoms with Crippen LogP contribution in [-0.4, -0.2) is 20.9 Å².